The summed E-state index contributed by atoms with van der Waals surface area (Å²) in [6.07, 6.45) is 7.98. The number of aromatic nitrogens is 2. The molecule has 33 heavy (non-hydrogen) atoms. The molecule has 1 aromatic carbocycles. The van der Waals surface area contributed by atoms with Gasteiger partial charge in [0.05, 0.1) is 27.0 Å². The third-order valence-corrected chi connectivity index (χ3v) is 6.15. The van der Waals surface area contributed by atoms with Crippen molar-refractivity contribution in [1.82, 2.24) is 15.3 Å². The summed E-state index contributed by atoms with van der Waals surface area (Å²) in [6, 6.07) is 7.78. The van der Waals surface area contributed by atoms with Gasteiger partial charge in [0.2, 0.25) is 5.95 Å². The van der Waals surface area contributed by atoms with E-state index in [1.54, 1.807) is 30.0 Å². The highest BCUT2D eigenvalue weighted by Gasteiger charge is 2.31. The molecule has 2 atom stereocenters. The fraction of sp³-hybridized carbons (Fsp3) is 0.458. The third kappa shape index (κ3) is 5.26. The summed E-state index contributed by atoms with van der Waals surface area (Å²) < 4.78 is 10.7. The Bertz CT molecular complexity index is 967. The minimum absolute atomic E-state index is 0.131. The van der Waals surface area contributed by atoms with Gasteiger partial charge in [-0.25, -0.2) is 9.78 Å². The summed E-state index contributed by atoms with van der Waals surface area (Å²) in [7, 11) is 3.37. The van der Waals surface area contributed by atoms with Gasteiger partial charge in [-0.3, -0.25) is 15.1 Å². The maximum atomic E-state index is 13.1. The number of carbonyl (C=O) groups excluding carboxylic acids is 1. The Labute approximate surface area is 194 Å². The first kappa shape index (κ1) is 23.0. The van der Waals surface area contributed by atoms with E-state index in [2.05, 4.69) is 22.2 Å². The van der Waals surface area contributed by atoms with Crippen molar-refractivity contribution in [3.05, 3.63) is 48.7 Å². The minimum Gasteiger partial charge on any atom is -0.497 e. The number of anilines is 3. The topological polar surface area (TPSA) is 91.8 Å². The Morgan fingerprint density at radius 3 is 2.70 bits per heavy atom. The van der Waals surface area contributed by atoms with Crippen molar-refractivity contribution in [1.29, 1.82) is 0 Å². The van der Waals surface area contributed by atoms with Crippen LogP contribution in [0.5, 0.6) is 5.75 Å². The summed E-state index contributed by atoms with van der Waals surface area (Å²) in [5, 5.41) is 6.96. The van der Waals surface area contributed by atoms with E-state index in [4.69, 9.17) is 14.5 Å². The highest BCUT2D eigenvalue weighted by Crippen LogP contribution is 2.31. The smallest absolute Gasteiger partial charge is 0.330 e. The van der Waals surface area contributed by atoms with Crippen LogP contribution in [0.2, 0.25) is 0 Å². The number of nitrogens with zero attached hydrogens (tertiary/aromatic N) is 4. The van der Waals surface area contributed by atoms with Crippen LogP contribution in [-0.2, 0) is 11.3 Å². The quantitative estimate of drug-likeness (QED) is 0.342. The van der Waals surface area contributed by atoms with E-state index >= 15 is 0 Å². The Morgan fingerprint density at radius 1 is 1.21 bits per heavy atom. The first-order chi connectivity index (χ1) is 16.1. The van der Waals surface area contributed by atoms with E-state index in [0.29, 0.717) is 31.6 Å². The molecule has 2 aliphatic rings. The number of methoxy groups -OCH3 is 1. The second kappa shape index (κ2) is 10.6. The molecule has 176 valence electrons. The predicted molar refractivity (Wildman–Crippen MR) is 129 cm³/mol. The Balaban J connectivity index is 1.46. The number of urea groups is 1. The molecule has 1 aliphatic carbocycles. The predicted octanol–water partition coefficient (Wildman–Crippen LogP) is 3.53. The Hall–Kier alpha value is -3.17. The van der Waals surface area contributed by atoms with Gasteiger partial charge in [-0.1, -0.05) is 18.9 Å². The van der Waals surface area contributed by atoms with Crippen molar-refractivity contribution < 1.29 is 14.3 Å². The molecule has 0 saturated heterocycles. The van der Waals surface area contributed by atoms with Gasteiger partial charge < -0.3 is 14.8 Å². The van der Waals surface area contributed by atoms with Gasteiger partial charge in [0.25, 0.3) is 0 Å². The van der Waals surface area contributed by atoms with Crippen molar-refractivity contribution in [2.75, 3.05) is 42.6 Å². The molecule has 4 rings (SSSR count). The SMILES string of the molecule is C=CCOCN[C@H]1CCCC[C@H]1Nc1ncc2c(n1)N(C)C(=O)N(c1ccc(OC)cc1)C2. The highest BCUT2D eigenvalue weighted by molar-refractivity contribution is 6.05. The Morgan fingerprint density at radius 2 is 1.97 bits per heavy atom. The molecule has 2 amide bonds. The van der Waals surface area contributed by atoms with Gasteiger partial charge in [-0.05, 0) is 37.1 Å². The first-order valence-electron chi connectivity index (χ1n) is 11.3. The standard InChI is InChI=1S/C24H32N6O3/c1-4-13-33-16-26-20-7-5-6-8-21(20)27-23-25-14-17-15-30(24(31)29(2)22(17)28-23)18-9-11-19(32-3)12-10-18/h4,9-12,14,20-21,26H,1,5-8,13,15-16H2,2-3H3,(H,25,27,28)/t20-,21+/m0/s1. The lowest BCUT2D eigenvalue weighted by Crippen LogP contribution is -2.48. The highest BCUT2D eigenvalue weighted by atomic mass is 16.5. The molecular formula is C24H32N6O3. The molecule has 0 unspecified atom stereocenters. The number of carbonyl (C=O) groups is 1. The van der Waals surface area contributed by atoms with E-state index in [1.165, 1.54) is 6.42 Å². The summed E-state index contributed by atoms with van der Waals surface area (Å²) in [5.41, 5.74) is 1.70. The van der Waals surface area contributed by atoms with Crippen LogP contribution in [0.25, 0.3) is 0 Å². The number of amides is 2. The number of ether oxygens (including phenoxy) is 2. The summed E-state index contributed by atoms with van der Waals surface area (Å²) in [5.74, 6) is 1.92. The zero-order valence-corrected chi connectivity index (χ0v) is 19.3. The molecule has 0 spiro atoms. The van der Waals surface area contributed by atoms with Crippen molar-refractivity contribution in [3.63, 3.8) is 0 Å². The largest absolute Gasteiger partial charge is 0.497 e. The van der Waals surface area contributed by atoms with Gasteiger partial charge in [0.1, 0.15) is 11.6 Å². The number of benzene rings is 1. The maximum Gasteiger partial charge on any atom is 0.330 e. The van der Waals surface area contributed by atoms with E-state index in [-0.39, 0.29) is 18.1 Å². The van der Waals surface area contributed by atoms with Crippen LogP contribution < -0.4 is 25.2 Å². The zero-order valence-electron chi connectivity index (χ0n) is 19.3. The van der Waals surface area contributed by atoms with Gasteiger partial charge in [-0.2, -0.15) is 4.98 Å². The molecule has 2 heterocycles. The fourth-order valence-corrected chi connectivity index (χ4v) is 4.36. The molecule has 0 bridgehead atoms. The lowest BCUT2D eigenvalue weighted by Gasteiger charge is -2.35. The van der Waals surface area contributed by atoms with Crippen LogP contribution in [-0.4, -0.2) is 55.6 Å². The molecule has 2 aromatic rings. The van der Waals surface area contributed by atoms with Crippen LogP contribution >= 0.6 is 0 Å². The van der Waals surface area contributed by atoms with E-state index in [9.17, 15) is 4.79 Å². The zero-order chi connectivity index (χ0) is 23.2. The van der Waals surface area contributed by atoms with Crippen molar-refractivity contribution in [3.8, 4) is 5.75 Å². The molecule has 2 N–H and O–H groups in total. The minimum atomic E-state index is -0.131. The Kier molecular flexibility index (Phi) is 7.41. The molecule has 1 aliphatic heterocycles. The molecule has 9 nitrogen and oxygen atoms in total. The van der Waals surface area contributed by atoms with Crippen molar-refractivity contribution in [2.45, 2.75) is 44.3 Å². The molecule has 0 radical (unpaired) electrons. The van der Waals surface area contributed by atoms with E-state index in [1.807, 2.05) is 30.5 Å². The summed E-state index contributed by atoms with van der Waals surface area (Å²) in [6.45, 7) is 5.10. The lowest BCUT2D eigenvalue weighted by atomic mass is 9.90. The molecule has 1 saturated carbocycles. The number of nitrogens with one attached hydrogen (secondary N) is 2. The van der Waals surface area contributed by atoms with Crippen LogP contribution in [0.15, 0.2) is 43.1 Å². The number of hydrogen-bond acceptors (Lipinski definition) is 7. The van der Waals surface area contributed by atoms with Crippen molar-refractivity contribution in [2.24, 2.45) is 0 Å². The second-order valence-electron chi connectivity index (χ2n) is 8.32. The maximum absolute atomic E-state index is 13.1. The number of hydrogen-bond donors (Lipinski definition) is 2. The number of fused-ring (bicyclic) bond motifs is 1. The average molecular weight is 453 g/mol. The average Bonchev–Trinajstić information content (AvgIpc) is 2.85. The normalized spacial score (nSPS) is 20.4. The molecule has 9 heteroatoms. The van der Waals surface area contributed by atoms with Crippen LogP contribution in [0, 0.1) is 0 Å². The summed E-state index contributed by atoms with van der Waals surface area (Å²) in [4.78, 5) is 25.6. The van der Waals surface area contributed by atoms with Crippen LogP contribution in [0.4, 0.5) is 22.2 Å². The van der Waals surface area contributed by atoms with Gasteiger partial charge in [0, 0.05) is 36.6 Å². The van der Waals surface area contributed by atoms with Gasteiger partial charge in [-0.15, -0.1) is 6.58 Å². The van der Waals surface area contributed by atoms with Crippen LogP contribution in [0.1, 0.15) is 31.2 Å². The van der Waals surface area contributed by atoms with E-state index < -0.39 is 0 Å². The molecular weight excluding hydrogens is 420 g/mol. The lowest BCUT2D eigenvalue weighted by molar-refractivity contribution is 0.123. The fourth-order valence-electron chi connectivity index (χ4n) is 4.36. The second-order valence-corrected chi connectivity index (χ2v) is 8.32. The van der Waals surface area contributed by atoms with Crippen molar-refractivity contribution >= 4 is 23.5 Å². The third-order valence-electron chi connectivity index (χ3n) is 6.15. The van der Waals surface area contributed by atoms with Crippen LogP contribution in [0.3, 0.4) is 0 Å². The number of rotatable bonds is 9. The molecule has 1 aromatic heterocycles. The van der Waals surface area contributed by atoms with Gasteiger partial charge in [0.15, 0.2) is 0 Å². The monoisotopic (exact) mass is 452 g/mol. The van der Waals surface area contributed by atoms with E-state index in [0.717, 1.165) is 36.3 Å². The first-order valence-corrected chi connectivity index (χ1v) is 11.3. The van der Waals surface area contributed by atoms with Gasteiger partial charge >= 0.3 is 6.03 Å². The summed E-state index contributed by atoms with van der Waals surface area (Å²) >= 11 is 0. The molecule has 1 fully saturated rings.